The van der Waals surface area contributed by atoms with Gasteiger partial charge in [-0.05, 0) is 26.2 Å². The molecule has 0 saturated carbocycles. The van der Waals surface area contributed by atoms with Crippen molar-refractivity contribution in [1.29, 1.82) is 0 Å². The van der Waals surface area contributed by atoms with E-state index in [4.69, 9.17) is 4.74 Å². The first kappa shape index (κ1) is 9.96. The molecule has 1 aliphatic heterocycles. The zero-order chi connectivity index (χ0) is 8.20. The largest absolute Gasteiger partial charge is 0.375 e. The van der Waals surface area contributed by atoms with E-state index in [1.165, 1.54) is 6.42 Å². The van der Waals surface area contributed by atoms with Gasteiger partial charge < -0.3 is 4.74 Å². The second-order valence-corrected chi connectivity index (χ2v) is 3.38. The lowest BCUT2D eigenvalue weighted by Crippen LogP contribution is -2.16. The molecule has 1 heterocycles. The number of ether oxygens (including phenoxy) is 1. The molecule has 62 valence electrons. The minimum absolute atomic E-state index is 0.166. The van der Waals surface area contributed by atoms with E-state index in [0.29, 0.717) is 0 Å². The summed E-state index contributed by atoms with van der Waals surface area (Å²) in [7, 11) is 0. The second-order valence-electron chi connectivity index (χ2n) is 3.38. The van der Waals surface area contributed by atoms with Crippen molar-refractivity contribution in [3.05, 3.63) is 0 Å². The summed E-state index contributed by atoms with van der Waals surface area (Å²) in [4.78, 5) is 0. The normalized spacial score (nSPS) is 29.1. The first-order valence-corrected chi connectivity index (χ1v) is 4.24. The molecule has 1 aliphatic rings. The first-order chi connectivity index (χ1) is 4.60. The van der Waals surface area contributed by atoms with Crippen molar-refractivity contribution in [2.24, 2.45) is 5.92 Å². The van der Waals surface area contributed by atoms with Gasteiger partial charge in [0.15, 0.2) is 0 Å². The fraction of sp³-hybridized carbons (Fsp3) is 1.00. The van der Waals surface area contributed by atoms with Gasteiger partial charge in [0.1, 0.15) is 0 Å². The van der Waals surface area contributed by atoms with E-state index in [1.54, 1.807) is 0 Å². The molecule has 0 spiro atoms. The summed E-state index contributed by atoms with van der Waals surface area (Å²) in [5, 5.41) is 0. The summed E-state index contributed by atoms with van der Waals surface area (Å²) in [6, 6.07) is 0. The van der Waals surface area contributed by atoms with Gasteiger partial charge in [-0.2, -0.15) is 0 Å². The minimum atomic E-state index is 0.166. The van der Waals surface area contributed by atoms with Crippen molar-refractivity contribution in [3.8, 4) is 0 Å². The first-order valence-electron chi connectivity index (χ1n) is 4.24. The van der Waals surface area contributed by atoms with Crippen molar-refractivity contribution in [2.75, 3.05) is 6.61 Å². The van der Waals surface area contributed by atoms with Gasteiger partial charge in [-0.25, -0.2) is 0 Å². The van der Waals surface area contributed by atoms with Crippen LogP contribution in [-0.4, -0.2) is 12.2 Å². The van der Waals surface area contributed by atoms with Crippen LogP contribution >= 0.6 is 0 Å². The molecule has 0 unspecified atom stereocenters. The number of rotatable bonds is 0. The lowest BCUT2D eigenvalue weighted by molar-refractivity contribution is 0.0353. The molecule has 1 heteroatoms. The topological polar surface area (TPSA) is 9.23 Å². The van der Waals surface area contributed by atoms with Crippen LogP contribution < -0.4 is 0 Å². The van der Waals surface area contributed by atoms with Crippen LogP contribution in [0.5, 0.6) is 0 Å². The predicted molar refractivity (Wildman–Crippen MR) is 45.2 cm³/mol. The second kappa shape index (κ2) is 3.97. The molecule has 0 bridgehead atoms. The van der Waals surface area contributed by atoms with Crippen LogP contribution in [0.2, 0.25) is 0 Å². The van der Waals surface area contributed by atoms with Crippen molar-refractivity contribution in [2.45, 2.75) is 46.6 Å². The molecule has 1 saturated heterocycles. The Morgan fingerprint density at radius 3 is 1.90 bits per heavy atom. The Hall–Kier alpha value is -0.0400. The molecule has 0 N–H and O–H groups in total. The van der Waals surface area contributed by atoms with Crippen molar-refractivity contribution >= 4 is 0 Å². The van der Waals surface area contributed by atoms with Crippen LogP contribution in [-0.2, 0) is 4.74 Å². The van der Waals surface area contributed by atoms with Gasteiger partial charge in [0.25, 0.3) is 0 Å². The van der Waals surface area contributed by atoms with Crippen molar-refractivity contribution < 1.29 is 4.74 Å². The van der Waals surface area contributed by atoms with Gasteiger partial charge in [0.2, 0.25) is 0 Å². The van der Waals surface area contributed by atoms with E-state index in [2.05, 4.69) is 20.8 Å². The highest BCUT2D eigenvalue weighted by atomic mass is 16.5. The quantitative estimate of drug-likeness (QED) is 0.508. The van der Waals surface area contributed by atoms with Gasteiger partial charge in [-0.3, -0.25) is 0 Å². The minimum Gasteiger partial charge on any atom is -0.375 e. The van der Waals surface area contributed by atoms with Gasteiger partial charge in [-0.1, -0.05) is 20.8 Å². The summed E-state index contributed by atoms with van der Waals surface area (Å²) in [6.45, 7) is 11.5. The van der Waals surface area contributed by atoms with Crippen LogP contribution in [0.3, 0.4) is 0 Å². The fourth-order valence-corrected chi connectivity index (χ4v) is 1.32. The molecule has 1 atom stereocenters. The average Bonchev–Trinajstić information content (AvgIpc) is 2.15. The fourth-order valence-electron chi connectivity index (χ4n) is 1.32. The Kier molecular flexibility index (Phi) is 3.95. The van der Waals surface area contributed by atoms with Gasteiger partial charge in [0, 0.05) is 6.61 Å². The molecular weight excluding hydrogens is 124 g/mol. The number of hydrogen-bond donors (Lipinski definition) is 0. The molecule has 1 fully saturated rings. The average molecular weight is 144 g/mol. The van der Waals surface area contributed by atoms with E-state index in [1.807, 2.05) is 13.8 Å². The lowest BCUT2D eigenvalue weighted by atomic mass is 10.00. The molecule has 1 nitrogen and oxygen atoms in total. The Bertz CT molecular complexity index is 86.7. The van der Waals surface area contributed by atoms with E-state index < -0.39 is 0 Å². The van der Waals surface area contributed by atoms with Crippen LogP contribution in [0.15, 0.2) is 0 Å². The third-order valence-corrected chi connectivity index (χ3v) is 1.60. The van der Waals surface area contributed by atoms with Gasteiger partial charge >= 0.3 is 0 Å². The summed E-state index contributed by atoms with van der Waals surface area (Å²) >= 11 is 0. The van der Waals surface area contributed by atoms with Crippen molar-refractivity contribution in [3.63, 3.8) is 0 Å². The molecule has 0 amide bonds. The Morgan fingerprint density at radius 1 is 1.30 bits per heavy atom. The monoisotopic (exact) mass is 144 g/mol. The third-order valence-electron chi connectivity index (χ3n) is 1.60. The molecular formula is C9H20O. The molecule has 0 aliphatic carbocycles. The van der Waals surface area contributed by atoms with Crippen molar-refractivity contribution in [1.82, 2.24) is 0 Å². The highest BCUT2D eigenvalue weighted by Gasteiger charge is 2.28. The van der Waals surface area contributed by atoms with Gasteiger partial charge in [-0.15, -0.1) is 0 Å². The molecule has 0 aromatic carbocycles. The molecule has 0 aromatic rings. The molecule has 1 rings (SSSR count). The van der Waals surface area contributed by atoms with Gasteiger partial charge in [0.05, 0.1) is 5.60 Å². The standard InChI is InChI=1S/C7H14O.C2H6/c1-6-4-7(2,3)8-5-6;1-2/h6H,4-5H2,1-3H3;1-2H3/t6-;/m1./s1. The molecule has 0 radical (unpaired) electrons. The van der Waals surface area contributed by atoms with E-state index >= 15 is 0 Å². The summed E-state index contributed by atoms with van der Waals surface area (Å²) in [6.07, 6.45) is 1.22. The predicted octanol–water partition coefficient (Wildman–Crippen LogP) is 2.85. The Labute approximate surface area is 64.8 Å². The highest BCUT2D eigenvalue weighted by molar-refractivity contribution is 4.77. The summed E-state index contributed by atoms with van der Waals surface area (Å²) < 4.78 is 5.45. The zero-order valence-electron chi connectivity index (χ0n) is 7.90. The highest BCUT2D eigenvalue weighted by Crippen LogP contribution is 2.27. The summed E-state index contributed by atoms with van der Waals surface area (Å²) in [5.41, 5.74) is 0.166. The maximum Gasteiger partial charge on any atom is 0.0630 e. The Balaban J connectivity index is 0.000000371. The lowest BCUT2D eigenvalue weighted by Gasteiger charge is -2.14. The maximum atomic E-state index is 5.45. The van der Waals surface area contributed by atoms with Crippen LogP contribution in [0.1, 0.15) is 41.0 Å². The van der Waals surface area contributed by atoms with Crippen LogP contribution in [0.4, 0.5) is 0 Å². The summed E-state index contributed by atoms with van der Waals surface area (Å²) in [5.74, 6) is 0.769. The molecule has 0 aromatic heterocycles. The smallest absolute Gasteiger partial charge is 0.0630 e. The third kappa shape index (κ3) is 3.21. The number of hydrogen-bond acceptors (Lipinski definition) is 1. The maximum absolute atomic E-state index is 5.45. The SMILES string of the molecule is CC.C[C@H]1COC(C)(C)C1. The van der Waals surface area contributed by atoms with E-state index in [9.17, 15) is 0 Å². The Morgan fingerprint density at radius 2 is 1.80 bits per heavy atom. The van der Waals surface area contributed by atoms with Crippen LogP contribution in [0.25, 0.3) is 0 Å². The van der Waals surface area contributed by atoms with E-state index in [-0.39, 0.29) is 5.60 Å². The molecule has 10 heavy (non-hydrogen) atoms. The van der Waals surface area contributed by atoms with Crippen LogP contribution in [0, 0.1) is 5.92 Å². The zero-order valence-corrected chi connectivity index (χ0v) is 7.90. The van der Waals surface area contributed by atoms with E-state index in [0.717, 1.165) is 12.5 Å².